The summed E-state index contributed by atoms with van der Waals surface area (Å²) in [6, 6.07) is 15.7. The average molecular weight is 401 g/mol. The van der Waals surface area contributed by atoms with Gasteiger partial charge in [0.2, 0.25) is 0 Å². The first-order chi connectivity index (χ1) is 14.5. The van der Waals surface area contributed by atoms with Crippen LogP contribution in [0.3, 0.4) is 0 Å². The van der Waals surface area contributed by atoms with E-state index in [-0.39, 0.29) is 11.7 Å². The molecule has 1 aliphatic carbocycles. The van der Waals surface area contributed by atoms with Crippen molar-refractivity contribution in [3.63, 3.8) is 0 Å². The number of rotatable bonds is 5. The highest BCUT2D eigenvalue weighted by molar-refractivity contribution is 6.04. The van der Waals surface area contributed by atoms with Gasteiger partial charge in [0.15, 0.2) is 0 Å². The Labute approximate surface area is 176 Å². The molecule has 3 aromatic rings. The monoisotopic (exact) mass is 401 g/mol. The molecule has 0 saturated heterocycles. The number of aryl methyl sites for hydroxylation is 1. The van der Waals surface area contributed by atoms with Gasteiger partial charge in [0.25, 0.3) is 5.91 Å². The molecule has 0 aliphatic heterocycles. The van der Waals surface area contributed by atoms with Crippen LogP contribution in [0.2, 0.25) is 0 Å². The van der Waals surface area contributed by atoms with Gasteiger partial charge in [-0.15, -0.1) is 0 Å². The van der Waals surface area contributed by atoms with E-state index in [1.165, 1.54) is 28.8 Å². The highest BCUT2D eigenvalue weighted by Crippen LogP contribution is 2.27. The summed E-state index contributed by atoms with van der Waals surface area (Å²) in [6.07, 6.45) is 5.81. The van der Waals surface area contributed by atoms with Crippen molar-refractivity contribution in [1.29, 1.82) is 0 Å². The molecule has 1 aliphatic rings. The highest BCUT2D eigenvalue weighted by Gasteiger charge is 2.13. The van der Waals surface area contributed by atoms with Crippen molar-refractivity contribution in [2.45, 2.75) is 12.8 Å². The second-order valence-electron chi connectivity index (χ2n) is 7.85. The standard InChI is InChI=1S/C25H24FN3O/c1-29(2)16-17-3-4-20-14-23(11-7-19(20)13-17)28-25(30)21-8-12-24(27-15-21)18-5-9-22(26)10-6-18/h5-15H,3-4,16H2,1-2H3,(H,28,30). The molecule has 1 heterocycles. The minimum Gasteiger partial charge on any atom is -0.322 e. The van der Waals surface area contributed by atoms with Gasteiger partial charge in [0.05, 0.1) is 11.3 Å². The lowest BCUT2D eigenvalue weighted by Gasteiger charge is -2.20. The van der Waals surface area contributed by atoms with Gasteiger partial charge in [-0.25, -0.2) is 4.39 Å². The van der Waals surface area contributed by atoms with Gasteiger partial charge in [0, 0.05) is 24.0 Å². The zero-order chi connectivity index (χ0) is 21.1. The summed E-state index contributed by atoms with van der Waals surface area (Å²) in [5.74, 6) is -0.489. The van der Waals surface area contributed by atoms with Crippen molar-refractivity contribution in [3.05, 3.63) is 88.9 Å². The predicted molar refractivity (Wildman–Crippen MR) is 119 cm³/mol. The zero-order valence-corrected chi connectivity index (χ0v) is 17.2. The van der Waals surface area contributed by atoms with Crippen LogP contribution in [0.1, 0.15) is 27.9 Å². The van der Waals surface area contributed by atoms with E-state index in [1.807, 2.05) is 6.07 Å². The first-order valence-corrected chi connectivity index (χ1v) is 9.98. The maximum atomic E-state index is 13.1. The molecule has 5 heteroatoms. The first-order valence-electron chi connectivity index (χ1n) is 9.98. The third-order valence-corrected chi connectivity index (χ3v) is 5.16. The molecule has 0 spiro atoms. The molecule has 2 aromatic carbocycles. The molecule has 0 radical (unpaired) electrons. The summed E-state index contributed by atoms with van der Waals surface area (Å²) in [6.45, 7) is 0.971. The van der Waals surface area contributed by atoms with Crippen LogP contribution in [-0.2, 0) is 6.42 Å². The first kappa shape index (κ1) is 20.0. The molecule has 0 bridgehead atoms. The number of halogens is 1. The Balaban J connectivity index is 1.45. The van der Waals surface area contributed by atoms with Crippen LogP contribution in [0.25, 0.3) is 17.3 Å². The zero-order valence-electron chi connectivity index (χ0n) is 17.2. The lowest BCUT2D eigenvalue weighted by atomic mass is 9.91. The highest BCUT2D eigenvalue weighted by atomic mass is 19.1. The maximum Gasteiger partial charge on any atom is 0.257 e. The van der Waals surface area contributed by atoms with Crippen LogP contribution < -0.4 is 5.32 Å². The van der Waals surface area contributed by atoms with Gasteiger partial charge in [-0.1, -0.05) is 17.7 Å². The van der Waals surface area contributed by atoms with E-state index in [4.69, 9.17) is 0 Å². The number of likely N-dealkylation sites (N-methyl/N-ethyl adjacent to an activating group) is 1. The van der Waals surface area contributed by atoms with Gasteiger partial charge in [0.1, 0.15) is 5.82 Å². The molecule has 30 heavy (non-hydrogen) atoms. The number of aromatic nitrogens is 1. The number of hydrogen-bond acceptors (Lipinski definition) is 3. The number of amides is 1. The van der Waals surface area contributed by atoms with Gasteiger partial charge in [-0.05, 0) is 86.6 Å². The Morgan fingerprint density at radius 2 is 1.87 bits per heavy atom. The quantitative estimate of drug-likeness (QED) is 0.652. The van der Waals surface area contributed by atoms with Gasteiger partial charge in [-0.2, -0.15) is 0 Å². The lowest BCUT2D eigenvalue weighted by Crippen LogP contribution is -2.17. The summed E-state index contributed by atoms with van der Waals surface area (Å²) in [4.78, 5) is 19.2. The van der Waals surface area contributed by atoms with Crippen LogP contribution in [0.15, 0.2) is 66.4 Å². The summed E-state index contributed by atoms with van der Waals surface area (Å²) in [5.41, 5.74) is 6.66. The van der Waals surface area contributed by atoms with E-state index >= 15 is 0 Å². The average Bonchev–Trinajstić information content (AvgIpc) is 2.74. The van der Waals surface area contributed by atoms with Crippen LogP contribution in [-0.4, -0.2) is 36.4 Å². The lowest BCUT2D eigenvalue weighted by molar-refractivity contribution is 0.102. The van der Waals surface area contributed by atoms with E-state index in [0.29, 0.717) is 11.3 Å². The van der Waals surface area contributed by atoms with Crippen molar-refractivity contribution in [3.8, 4) is 11.3 Å². The van der Waals surface area contributed by atoms with E-state index in [9.17, 15) is 9.18 Å². The second-order valence-corrected chi connectivity index (χ2v) is 7.85. The largest absolute Gasteiger partial charge is 0.322 e. The smallest absolute Gasteiger partial charge is 0.257 e. The number of hydrogen-bond donors (Lipinski definition) is 1. The number of benzene rings is 2. The number of nitrogens with one attached hydrogen (secondary N) is 1. The fourth-order valence-corrected chi connectivity index (χ4v) is 3.68. The Morgan fingerprint density at radius 3 is 2.57 bits per heavy atom. The topological polar surface area (TPSA) is 45.2 Å². The van der Waals surface area contributed by atoms with E-state index in [2.05, 4.69) is 47.5 Å². The van der Waals surface area contributed by atoms with Crippen molar-refractivity contribution in [2.75, 3.05) is 26.0 Å². The summed E-state index contributed by atoms with van der Waals surface area (Å²) < 4.78 is 13.1. The minimum atomic E-state index is -0.288. The van der Waals surface area contributed by atoms with Gasteiger partial charge >= 0.3 is 0 Å². The third kappa shape index (κ3) is 4.63. The molecule has 0 atom stereocenters. The second kappa shape index (κ2) is 8.59. The number of carbonyl (C=O) groups is 1. The number of fused-ring (bicyclic) bond motifs is 1. The minimum absolute atomic E-state index is 0.201. The molecular formula is C25H24FN3O. The van der Waals surface area contributed by atoms with E-state index < -0.39 is 0 Å². The Hall–Kier alpha value is -3.31. The normalized spacial score (nSPS) is 13.0. The van der Waals surface area contributed by atoms with Crippen molar-refractivity contribution < 1.29 is 9.18 Å². The fraction of sp³-hybridized carbons (Fsp3) is 0.200. The van der Waals surface area contributed by atoms with Crippen LogP contribution in [0, 0.1) is 5.82 Å². The van der Waals surface area contributed by atoms with Crippen molar-refractivity contribution in [1.82, 2.24) is 9.88 Å². The molecule has 4 nitrogen and oxygen atoms in total. The molecule has 1 amide bonds. The van der Waals surface area contributed by atoms with Crippen molar-refractivity contribution >= 4 is 17.7 Å². The van der Waals surface area contributed by atoms with Crippen LogP contribution in [0.4, 0.5) is 10.1 Å². The summed E-state index contributed by atoms with van der Waals surface area (Å²) >= 11 is 0. The molecule has 1 N–H and O–H groups in total. The molecule has 0 fully saturated rings. The number of nitrogens with zero attached hydrogens (tertiary/aromatic N) is 2. The summed E-state index contributed by atoms with van der Waals surface area (Å²) in [7, 11) is 4.16. The maximum absolute atomic E-state index is 13.1. The molecule has 1 aromatic heterocycles. The number of pyridine rings is 1. The van der Waals surface area contributed by atoms with Crippen LogP contribution >= 0.6 is 0 Å². The molecule has 0 saturated carbocycles. The third-order valence-electron chi connectivity index (χ3n) is 5.16. The number of anilines is 1. The molecule has 152 valence electrons. The number of carbonyl (C=O) groups excluding carboxylic acids is 1. The Morgan fingerprint density at radius 1 is 1.07 bits per heavy atom. The molecular weight excluding hydrogens is 377 g/mol. The Kier molecular flexibility index (Phi) is 5.72. The molecule has 4 rings (SSSR count). The van der Waals surface area contributed by atoms with Gasteiger partial charge < -0.3 is 10.2 Å². The van der Waals surface area contributed by atoms with Gasteiger partial charge in [-0.3, -0.25) is 9.78 Å². The molecule has 0 unspecified atom stereocenters. The van der Waals surface area contributed by atoms with E-state index in [0.717, 1.165) is 30.6 Å². The van der Waals surface area contributed by atoms with Crippen LogP contribution in [0.5, 0.6) is 0 Å². The predicted octanol–water partition coefficient (Wildman–Crippen LogP) is 5.03. The van der Waals surface area contributed by atoms with E-state index in [1.54, 1.807) is 30.5 Å². The SMILES string of the molecule is CN(C)CC1=Cc2ccc(NC(=O)c3ccc(-c4ccc(F)cc4)nc3)cc2CC1. The summed E-state index contributed by atoms with van der Waals surface area (Å²) in [5, 5.41) is 2.96. The Bertz CT molecular complexity index is 1090. The van der Waals surface area contributed by atoms with Crippen molar-refractivity contribution in [2.24, 2.45) is 0 Å². The fourth-order valence-electron chi connectivity index (χ4n) is 3.68.